The fraction of sp³-hybridized carbons (Fsp3) is 0.867. The van der Waals surface area contributed by atoms with Crippen molar-refractivity contribution in [3.8, 4) is 0 Å². The number of nitrogens with zero attached hydrogens (tertiary/aromatic N) is 1. The molecule has 22 heavy (non-hydrogen) atoms. The third-order valence-electron chi connectivity index (χ3n) is 5.12. The molecule has 3 fully saturated rings. The predicted octanol–water partition coefficient (Wildman–Crippen LogP) is 0.471. The molecule has 0 radical (unpaired) electrons. The molecule has 2 aliphatic heterocycles. The van der Waals surface area contributed by atoms with Gasteiger partial charge in [0.1, 0.15) is 0 Å². The third kappa shape index (κ3) is 3.45. The quantitative estimate of drug-likeness (QED) is 0.816. The normalized spacial score (nSPS) is 32.4. The fourth-order valence-corrected chi connectivity index (χ4v) is 5.55. The Morgan fingerprint density at radius 3 is 2.50 bits per heavy atom. The van der Waals surface area contributed by atoms with E-state index in [0.717, 1.165) is 25.7 Å². The van der Waals surface area contributed by atoms with Crippen LogP contribution in [0.5, 0.6) is 0 Å². The third-order valence-corrected chi connectivity index (χ3v) is 6.89. The van der Waals surface area contributed by atoms with E-state index < -0.39 is 9.84 Å². The highest BCUT2D eigenvalue weighted by atomic mass is 32.2. The second kappa shape index (κ2) is 6.18. The number of hydrogen-bond donors (Lipinski definition) is 1. The molecule has 1 aliphatic carbocycles. The summed E-state index contributed by atoms with van der Waals surface area (Å²) in [6.07, 6.45) is 6.39. The summed E-state index contributed by atoms with van der Waals surface area (Å²) in [6, 6.07) is 0.0160. The van der Waals surface area contributed by atoms with Gasteiger partial charge in [-0.3, -0.25) is 9.59 Å². The second-order valence-electron chi connectivity index (χ2n) is 6.85. The molecule has 0 bridgehead atoms. The highest BCUT2D eigenvalue weighted by molar-refractivity contribution is 7.91. The van der Waals surface area contributed by atoms with Crippen molar-refractivity contribution >= 4 is 21.7 Å². The van der Waals surface area contributed by atoms with Crippen LogP contribution in [0, 0.1) is 5.92 Å². The summed E-state index contributed by atoms with van der Waals surface area (Å²) in [5, 5.41) is 2.82. The van der Waals surface area contributed by atoms with Gasteiger partial charge in [0, 0.05) is 25.0 Å². The van der Waals surface area contributed by atoms with Crippen molar-refractivity contribution in [3.05, 3.63) is 0 Å². The van der Waals surface area contributed by atoms with Gasteiger partial charge >= 0.3 is 0 Å². The number of hydrogen-bond acceptors (Lipinski definition) is 4. The van der Waals surface area contributed by atoms with Gasteiger partial charge in [-0.05, 0) is 19.3 Å². The molecule has 6 nitrogen and oxygen atoms in total. The first kappa shape index (κ1) is 15.8. The molecule has 2 amide bonds. The van der Waals surface area contributed by atoms with Gasteiger partial charge in [-0.1, -0.05) is 19.3 Å². The van der Waals surface area contributed by atoms with Crippen molar-refractivity contribution in [2.45, 2.75) is 57.0 Å². The molecule has 1 N–H and O–H groups in total. The molecule has 0 aromatic heterocycles. The average Bonchev–Trinajstić information content (AvgIpc) is 3.02. The first-order valence-electron chi connectivity index (χ1n) is 8.25. The monoisotopic (exact) mass is 328 g/mol. The second-order valence-corrected chi connectivity index (χ2v) is 9.08. The zero-order chi connectivity index (χ0) is 15.7. The minimum Gasteiger partial charge on any atom is -0.352 e. The maximum atomic E-state index is 12.3. The van der Waals surface area contributed by atoms with E-state index in [1.807, 2.05) is 4.90 Å². The molecule has 124 valence electrons. The lowest BCUT2D eigenvalue weighted by atomic mass is 9.94. The summed E-state index contributed by atoms with van der Waals surface area (Å²) in [7, 11) is -3.00. The van der Waals surface area contributed by atoms with Crippen LogP contribution in [0.1, 0.15) is 44.9 Å². The Morgan fingerprint density at radius 2 is 1.86 bits per heavy atom. The molecule has 2 saturated heterocycles. The first-order chi connectivity index (χ1) is 10.4. The van der Waals surface area contributed by atoms with Gasteiger partial charge in [-0.15, -0.1) is 0 Å². The number of amides is 2. The Hall–Kier alpha value is -1.11. The molecule has 2 heterocycles. The standard InChI is InChI=1S/C15H24N2O4S/c18-14-8-11(9-17(14)13-4-2-1-3-5-13)15(19)16-12-6-7-22(20,21)10-12/h11-13H,1-10H2,(H,16,19). The van der Waals surface area contributed by atoms with Crippen LogP contribution >= 0.6 is 0 Å². The van der Waals surface area contributed by atoms with E-state index in [2.05, 4.69) is 5.32 Å². The number of sulfone groups is 1. The zero-order valence-electron chi connectivity index (χ0n) is 12.8. The van der Waals surface area contributed by atoms with E-state index in [9.17, 15) is 18.0 Å². The average molecular weight is 328 g/mol. The molecule has 1 saturated carbocycles. The zero-order valence-corrected chi connectivity index (χ0v) is 13.6. The van der Waals surface area contributed by atoms with E-state index in [0.29, 0.717) is 19.0 Å². The molecular formula is C15H24N2O4S. The number of carbonyl (C=O) groups excluding carboxylic acids is 2. The summed E-state index contributed by atoms with van der Waals surface area (Å²) in [5.41, 5.74) is 0. The maximum absolute atomic E-state index is 12.3. The maximum Gasteiger partial charge on any atom is 0.225 e. The van der Waals surface area contributed by atoms with E-state index >= 15 is 0 Å². The number of likely N-dealkylation sites (tertiary alicyclic amines) is 1. The van der Waals surface area contributed by atoms with Crippen molar-refractivity contribution in [1.29, 1.82) is 0 Å². The van der Waals surface area contributed by atoms with Gasteiger partial charge in [0.25, 0.3) is 0 Å². The molecular weight excluding hydrogens is 304 g/mol. The Kier molecular flexibility index (Phi) is 4.43. The lowest BCUT2D eigenvalue weighted by Crippen LogP contribution is -2.42. The molecule has 0 spiro atoms. The van der Waals surface area contributed by atoms with Crippen molar-refractivity contribution in [2.24, 2.45) is 5.92 Å². The van der Waals surface area contributed by atoms with Crippen LogP contribution in [-0.2, 0) is 19.4 Å². The summed E-state index contributed by atoms with van der Waals surface area (Å²) in [4.78, 5) is 26.4. The van der Waals surface area contributed by atoms with Crippen LogP contribution in [0.3, 0.4) is 0 Å². The van der Waals surface area contributed by atoms with Crippen molar-refractivity contribution in [3.63, 3.8) is 0 Å². The summed E-state index contributed by atoms with van der Waals surface area (Å²) in [6.45, 7) is 0.495. The number of carbonyl (C=O) groups is 2. The Bertz CT molecular complexity index is 554. The van der Waals surface area contributed by atoms with Gasteiger partial charge in [0.05, 0.1) is 17.4 Å². The van der Waals surface area contributed by atoms with E-state index in [1.54, 1.807) is 0 Å². The summed E-state index contributed by atoms with van der Waals surface area (Å²) in [5.74, 6) is -0.223. The molecule has 7 heteroatoms. The Balaban J connectivity index is 1.54. The minimum atomic E-state index is -3.00. The molecule has 3 aliphatic rings. The lowest BCUT2D eigenvalue weighted by Gasteiger charge is -2.31. The van der Waals surface area contributed by atoms with Gasteiger partial charge in [-0.2, -0.15) is 0 Å². The molecule has 2 unspecified atom stereocenters. The number of nitrogens with one attached hydrogen (secondary N) is 1. The largest absolute Gasteiger partial charge is 0.352 e. The van der Waals surface area contributed by atoms with Crippen LogP contribution in [0.2, 0.25) is 0 Å². The van der Waals surface area contributed by atoms with Crippen LogP contribution in [0.15, 0.2) is 0 Å². The van der Waals surface area contributed by atoms with Crippen molar-refractivity contribution in [2.75, 3.05) is 18.1 Å². The highest BCUT2D eigenvalue weighted by Gasteiger charge is 2.39. The lowest BCUT2D eigenvalue weighted by molar-refractivity contribution is -0.130. The minimum absolute atomic E-state index is 0.0335. The fourth-order valence-electron chi connectivity index (χ4n) is 3.88. The molecule has 0 aromatic rings. The summed E-state index contributed by atoms with van der Waals surface area (Å²) < 4.78 is 22.9. The summed E-state index contributed by atoms with van der Waals surface area (Å²) >= 11 is 0. The van der Waals surface area contributed by atoms with Crippen molar-refractivity contribution < 1.29 is 18.0 Å². The van der Waals surface area contributed by atoms with Crippen LogP contribution in [0.25, 0.3) is 0 Å². The van der Waals surface area contributed by atoms with Crippen molar-refractivity contribution in [1.82, 2.24) is 10.2 Å². The van der Waals surface area contributed by atoms with Crippen LogP contribution < -0.4 is 5.32 Å². The first-order valence-corrected chi connectivity index (χ1v) is 10.1. The predicted molar refractivity (Wildman–Crippen MR) is 81.9 cm³/mol. The van der Waals surface area contributed by atoms with Gasteiger partial charge in [0.2, 0.25) is 11.8 Å². The molecule has 0 aromatic carbocycles. The Labute approximate surface area is 131 Å². The smallest absolute Gasteiger partial charge is 0.225 e. The molecule has 3 rings (SSSR count). The van der Waals surface area contributed by atoms with E-state index in [4.69, 9.17) is 0 Å². The van der Waals surface area contributed by atoms with Crippen LogP contribution in [0.4, 0.5) is 0 Å². The topological polar surface area (TPSA) is 83.5 Å². The van der Waals surface area contributed by atoms with Crippen LogP contribution in [-0.4, -0.2) is 55.3 Å². The van der Waals surface area contributed by atoms with Gasteiger partial charge in [0.15, 0.2) is 9.84 Å². The highest BCUT2D eigenvalue weighted by Crippen LogP contribution is 2.29. The SMILES string of the molecule is O=C(NC1CCS(=O)(=O)C1)C1CC(=O)N(C2CCCCC2)C1. The van der Waals surface area contributed by atoms with Gasteiger partial charge < -0.3 is 10.2 Å². The Morgan fingerprint density at radius 1 is 1.14 bits per heavy atom. The molecule has 2 atom stereocenters. The van der Waals surface area contributed by atoms with E-state index in [1.165, 1.54) is 6.42 Å². The number of rotatable bonds is 3. The van der Waals surface area contributed by atoms with E-state index in [-0.39, 0.29) is 41.7 Å². The van der Waals surface area contributed by atoms with Gasteiger partial charge in [-0.25, -0.2) is 8.42 Å².